The van der Waals surface area contributed by atoms with Crippen LogP contribution in [0.2, 0.25) is 0 Å². The van der Waals surface area contributed by atoms with E-state index in [1.807, 2.05) is 13.8 Å². The van der Waals surface area contributed by atoms with E-state index in [1.165, 1.54) is 12.1 Å². The highest BCUT2D eigenvalue weighted by molar-refractivity contribution is 5.90. The summed E-state index contributed by atoms with van der Waals surface area (Å²) in [5.74, 6) is -1.32. The Balaban J connectivity index is 3.16. The maximum atomic E-state index is 13.0. The van der Waals surface area contributed by atoms with Crippen LogP contribution >= 0.6 is 0 Å². The molecule has 0 aliphatic heterocycles. The molecule has 0 atom stereocenters. The lowest BCUT2D eigenvalue weighted by Gasteiger charge is -2.10. The van der Waals surface area contributed by atoms with Crippen LogP contribution in [0.3, 0.4) is 0 Å². The number of carbonyl (C=O) groups is 1. The van der Waals surface area contributed by atoms with Gasteiger partial charge in [-0.1, -0.05) is 26.0 Å². The van der Waals surface area contributed by atoms with E-state index in [1.54, 1.807) is 12.1 Å². The van der Waals surface area contributed by atoms with Crippen molar-refractivity contribution in [3.05, 3.63) is 41.7 Å². The second-order valence-corrected chi connectivity index (χ2v) is 3.60. The van der Waals surface area contributed by atoms with E-state index in [9.17, 15) is 9.18 Å². The molecule has 0 aliphatic carbocycles. The minimum absolute atomic E-state index is 0.0444. The lowest BCUT2D eigenvalue weighted by molar-refractivity contribution is -0.131. The molecule has 0 fully saturated rings. The predicted octanol–water partition coefficient (Wildman–Crippen LogP) is 2.95. The maximum Gasteiger partial charge on any atom is 0.328 e. The molecule has 1 aromatic carbocycles. The zero-order valence-corrected chi connectivity index (χ0v) is 8.70. The third-order valence-electron chi connectivity index (χ3n) is 2.06. The van der Waals surface area contributed by atoms with Crippen molar-refractivity contribution in [2.75, 3.05) is 0 Å². The molecular formula is C12H13FO2. The summed E-state index contributed by atoms with van der Waals surface area (Å²) in [6.45, 7) is 3.75. The van der Waals surface area contributed by atoms with Crippen LogP contribution in [-0.4, -0.2) is 11.1 Å². The number of hydrogen-bond acceptors (Lipinski definition) is 1. The third kappa shape index (κ3) is 3.20. The molecule has 1 N–H and O–H groups in total. The summed E-state index contributed by atoms with van der Waals surface area (Å²) in [7, 11) is 0. The van der Waals surface area contributed by atoms with Crippen LogP contribution in [0, 0.1) is 11.7 Å². The van der Waals surface area contributed by atoms with Crippen molar-refractivity contribution in [3.63, 3.8) is 0 Å². The van der Waals surface area contributed by atoms with Gasteiger partial charge in [0.1, 0.15) is 5.82 Å². The fourth-order valence-electron chi connectivity index (χ4n) is 1.38. The largest absolute Gasteiger partial charge is 0.478 e. The monoisotopic (exact) mass is 208 g/mol. The molecule has 0 bridgehead atoms. The first-order valence-electron chi connectivity index (χ1n) is 4.71. The Morgan fingerprint density at radius 3 is 2.60 bits per heavy atom. The smallest absolute Gasteiger partial charge is 0.328 e. The SMILES string of the molecule is CC(C)/C(=C\C(=O)O)c1cccc(F)c1. The zero-order chi connectivity index (χ0) is 11.4. The average molecular weight is 208 g/mol. The second-order valence-electron chi connectivity index (χ2n) is 3.60. The summed E-state index contributed by atoms with van der Waals surface area (Å²) < 4.78 is 13.0. The molecule has 2 nitrogen and oxygen atoms in total. The quantitative estimate of drug-likeness (QED) is 0.775. The summed E-state index contributed by atoms with van der Waals surface area (Å²) >= 11 is 0. The topological polar surface area (TPSA) is 37.3 Å². The zero-order valence-electron chi connectivity index (χ0n) is 8.70. The van der Waals surface area contributed by atoms with Crippen LogP contribution in [0.5, 0.6) is 0 Å². The summed E-state index contributed by atoms with van der Waals surface area (Å²) in [6.07, 6.45) is 1.12. The number of allylic oxidation sites excluding steroid dienone is 1. The molecule has 15 heavy (non-hydrogen) atoms. The highest BCUT2D eigenvalue weighted by Crippen LogP contribution is 2.23. The number of hydrogen-bond donors (Lipinski definition) is 1. The highest BCUT2D eigenvalue weighted by Gasteiger charge is 2.09. The molecule has 3 heteroatoms. The van der Waals surface area contributed by atoms with Gasteiger partial charge in [0, 0.05) is 6.08 Å². The molecule has 0 aliphatic rings. The van der Waals surface area contributed by atoms with E-state index in [0.29, 0.717) is 11.1 Å². The van der Waals surface area contributed by atoms with E-state index in [2.05, 4.69) is 0 Å². The van der Waals surface area contributed by atoms with Crippen molar-refractivity contribution in [1.82, 2.24) is 0 Å². The lowest BCUT2D eigenvalue weighted by atomic mass is 9.95. The first kappa shape index (κ1) is 11.4. The van der Waals surface area contributed by atoms with Crippen LogP contribution < -0.4 is 0 Å². The van der Waals surface area contributed by atoms with E-state index in [4.69, 9.17) is 5.11 Å². The Bertz CT molecular complexity index is 394. The Kier molecular flexibility index (Phi) is 3.61. The van der Waals surface area contributed by atoms with E-state index < -0.39 is 5.97 Å². The number of halogens is 1. The van der Waals surface area contributed by atoms with Crippen molar-refractivity contribution < 1.29 is 14.3 Å². The van der Waals surface area contributed by atoms with Crippen molar-refractivity contribution in [1.29, 1.82) is 0 Å². The van der Waals surface area contributed by atoms with Gasteiger partial charge in [0.15, 0.2) is 0 Å². The Labute approximate surface area is 88.1 Å². The van der Waals surface area contributed by atoms with Gasteiger partial charge >= 0.3 is 5.97 Å². The van der Waals surface area contributed by atoms with E-state index >= 15 is 0 Å². The van der Waals surface area contributed by atoms with Gasteiger partial charge in [0.25, 0.3) is 0 Å². The molecule has 0 radical (unpaired) electrons. The molecule has 0 unspecified atom stereocenters. The van der Waals surface area contributed by atoms with Crippen LogP contribution in [0.1, 0.15) is 19.4 Å². The summed E-state index contributed by atoms with van der Waals surface area (Å²) in [5.41, 5.74) is 1.24. The van der Waals surface area contributed by atoms with Gasteiger partial charge in [-0.05, 0) is 29.2 Å². The minimum Gasteiger partial charge on any atom is -0.478 e. The number of aliphatic carboxylic acids is 1. The Morgan fingerprint density at radius 1 is 1.47 bits per heavy atom. The van der Waals surface area contributed by atoms with Gasteiger partial charge in [-0.2, -0.15) is 0 Å². The van der Waals surface area contributed by atoms with Crippen LogP contribution in [0.15, 0.2) is 30.3 Å². The van der Waals surface area contributed by atoms with Crippen molar-refractivity contribution in [2.24, 2.45) is 5.92 Å². The molecule has 0 heterocycles. The number of rotatable bonds is 3. The van der Waals surface area contributed by atoms with Crippen LogP contribution in [0.25, 0.3) is 5.57 Å². The van der Waals surface area contributed by atoms with Gasteiger partial charge in [-0.3, -0.25) is 0 Å². The van der Waals surface area contributed by atoms with E-state index in [0.717, 1.165) is 6.08 Å². The molecule has 0 saturated carbocycles. The summed E-state index contributed by atoms with van der Waals surface area (Å²) in [4.78, 5) is 10.6. The fourth-order valence-corrected chi connectivity index (χ4v) is 1.38. The number of carboxylic acids is 1. The maximum absolute atomic E-state index is 13.0. The number of carboxylic acid groups (broad SMARTS) is 1. The van der Waals surface area contributed by atoms with Gasteiger partial charge < -0.3 is 5.11 Å². The van der Waals surface area contributed by atoms with Crippen molar-refractivity contribution >= 4 is 11.5 Å². The molecule has 1 rings (SSSR count). The molecule has 0 amide bonds. The van der Waals surface area contributed by atoms with Crippen molar-refractivity contribution in [2.45, 2.75) is 13.8 Å². The van der Waals surface area contributed by atoms with Gasteiger partial charge in [0.05, 0.1) is 0 Å². The average Bonchev–Trinajstić information content (AvgIpc) is 2.13. The summed E-state index contributed by atoms with van der Waals surface area (Å²) in [5, 5.41) is 8.69. The Hall–Kier alpha value is -1.64. The van der Waals surface area contributed by atoms with Crippen LogP contribution in [0.4, 0.5) is 4.39 Å². The summed E-state index contributed by atoms with van der Waals surface area (Å²) in [6, 6.07) is 5.96. The standard InChI is InChI=1S/C12H13FO2/c1-8(2)11(7-12(14)15)9-4-3-5-10(13)6-9/h3-8H,1-2H3,(H,14,15)/b11-7+. The first-order chi connectivity index (χ1) is 7.00. The predicted molar refractivity (Wildman–Crippen MR) is 56.9 cm³/mol. The Morgan fingerprint density at radius 2 is 2.13 bits per heavy atom. The lowest BCUT2D eigenvalue weighted by Crippen LogP contribution is -1.99. The van der Waals surface area contributed by atoms with Crippen LogP contribution in [-0.2, 0) is 4.79 Å². The van der Waals surface area contributed by atoms with E-state index in [-0.39, 0.29) is 11.7 Å². The molecule has 0 aromatic heterocycles. The molecular weight excluding hydrogens is 195 g/mol. The molecule has 0 saturated heterocycles. The molecule has 80 valence electrons. The van der Waals surface area contributed by atoms with Crippen molar-refractivity contribution in [3.8, 4) is 0 Å². The second kappa shape index (κ2) is 4.73. The first-order valence-corrected chi connectivity index (χ1v) is 4.71. The van der Waals surface area contributed by atoms with Gasteiger partial charge in [0.2, 0.25) is 0 Å². The highest BCUT2D eigenvalue weighted by atomic mass is 19.1. The molecule has 1 aromatic rings. The minimum atomic E-state index is -1.01. The molecule has 0 spiro atoms. The number of benzene rings is 1. The fraction of sp³-hybridized carbons (Fsp3) is 0.250. The normalized spacial score (nSPS) is 11.9. The third-order valence-corrected chi connectivity index (χ3v) is 2.06. The van der Waals surface area contributed by atoms with Gasteiger partial charge in [-0.25, -0.2) is 9.18 Å². The van der Waals surface area contributed by atoms with Gasteiger partial charge in [-0.15, -0.1) is 0 Å².